The van der Waals surface area contributed by atoms with Gasteiger partial charge in [0.15, 0.2) is 0 Å². The summed E-state index contributed by atoms with van der Waals surface area (Å²) in [6, 6.07) is 7.63. The van der Waals surface area contributed by atoms with Gasteiger partial charge in [-0.05, 0) is 57.9 Å². The molecule has 1 saturated carbocycles. The van der Waals surface area contributed by atoms with E-state index in [4.69, 9.17) is 4.74 Å². The molecule has 2 amide bonds. The SMILES string of the molecule is CC(C)(C)Oc1ccc(NC(=O)NC2CC2)cc1. The number of rotatable bonds is 3. The van der Waals surface area contributed by atoms with E-state index in [1.54, 1.807) is 0 Å². The molecule has 1 aromatic rings. The first kappa shape index (κ1) is 12.7. The Morgan fingerprint density at radius 3 is 2.33 bits per heavy atom. The van der Waals surface area contributed by atoms with Crippen molar-refractivity contribution in [2.45, 2.75) is 45.3 Å². The summed E-state index contributed by atoms with van der Waals surface area (Å²) in [5.74, 6) is 0.802. The zero-order valence-corrected chi connectivity index (χ0v) is 11.1. The van der Waals surface area contributed by atoms with E-state index in [1.165, 1.54) is 0 Å². The lowest BCUT2D eigenvalue weighted by Gasteiger charge is -2.21. The molecule has 0 bridgehead atoms. The van der Waals surface area contributed by atoms with Crippen molar-refractivity contribution >= 4 is 11.7 Å². The smallest absolute Gasteiger partial charge is 0.319 e. The molecule has 0 saturated heterocycles. The zero-order valence-electron chi connectivity index (χ0n) is 11.1. The maximum Gasteiger partial charge on any atom is 0.319 e. The molecule has 98 valence electrons. The summed E-state index contributed by atoms with van der Waals surface area (Å²) in [7, 11) is 0. The van der Waals surface area contributed by atoms with Crippen LogP contribution in [0.2, 0.25) is 0 Å². The normalized spacial score (nSPS) is 15.1. The minimum absolute atomic E-state index is 0.137. The molecule has 0 radical (unpaired) electrons. The molecule has 0 atom stereocenters. The van der Waals surface area contributed by atoms with Crippen LogP contribution in [0.3, 0.4) is 0 Å². The fourth-order valence-electron chi connectivity index (χ4n) is 1.54. The number of nitrogens with one attached hydrogen (secondary N) is 2. The monoisotopic (exact) mass is 248 g/mol. The molecule has 4 nitrogen and oxygen atoms in total. The van der Waals surface area contributed by atoms with E-state index in [0.717, 1.165) is 24.3 Å². The third-order valence-corrected chi connectivity index (χ3v) is 2.45. The average Bonchev–Trinajstić information content (AvgIpc) is 3.02. The van der Waals surface area contributed by atoms with Gasteiger partial charge in [0, 0.05) is 11.7 Å². The number of ether oxygens (including phenoxy) is 1. The third kappa shape index (κ3) is 4.28. The van der Waals surface area contributed by atoms with E-state index in [1.807, 2.05) is 45.0 Å². The molecule has 0 aliphatic heterocycles. The standard InChI is InChI=1S/C14H20N2O2/c1-14(2,3)18-12-8-6-11(7-9-12)16-13(17)15-10-4-5-10/h6-10H,4-5H2,1-3H3,(H2,15,16,17). The second kappa shape index (κ2) is 4.88. The minimum Gasteiger partial charge on any atom is -0.488 e. The average molecular weight is 248 g/mol. The van der Waals surface area contributed by atoms with E-state index in [2.05, 4.69) is 10.6 Å². The molecule has 0 aromatic heterocycles. The summed E-state index contributed by atoms with van der Waals surface area (Å²) < 4.78 is 5.71. The van der Waals surface area contributed by atoms with Gasteiger partial charge in [0.05, 0.1) is 0 Å². The Morgan fingerprint density at radius 1 is 1.22 bits per heavy atom. The quantitative estimate of drug-likeness (QED) is 0.863. The summed E-state index contributed by atoms with van der Waals surface area (Å²) in [6.07, 6.45) is 2.18. The van der Waals surface area contributed by atoms with Crippen LogP contribution in [0.1, 0.15) is 33.6 Å². The Balaban J connectivity index is 1.88. The highest BCUT2D eigenvalue weighted by molar-refractivity contribution is 5.89. The molecular weight excluding hydrogens is 228 g/mol. The van der Waals surface area contributed by atoms with Crippen LogP contribution in [0.5, 0.6) is 5.75 Å². The Morgan fingerprint density at radius 2 is 1.83 bits per heavy atom. The number of urea groups is 1. The van der Waals surface area contributed by atoms with Crippen LogP contribution in [0, 0.1) is 0 Å². The molecule has 2 N–H and O–H groups in total. The van der Waals surface area contributed by atoms with Gasteiger partial charge in [-0.15, -0.1) is 0 Å². The molecule has 1 fully saturated rings. The van der Waals surface area contributed by atoms with Crippen molar-refractivity contribution in [1.29, 1.82) is 0 Å². The van der Waals surface area contributed by atoms with Crippen LogP contribution in [-0.4, -0.2) is 17.7 Å². The maximum absolute atomic E-state index is 11.5. The Labute approximate surface area is 108 Å². The summed E-state index contributed by atoms with van der Waals surface area (Å²) in [5.41, 5.74) is 0.563. The number of carbonyl (C=O) groups is 1. The van der Waals surface area contributed by atoms with Crippen LogP contribution in [0.15, 0.2) is 24.3 Å². The van der Waals surface area contributed by atoms with Gasteiger partial charge in [-0.25, -0.2) is 4.79 Å². The van der Waals surface area contributed by atoms with Crippen LogP contribution in [-0.2, 0) is 0 Å². The van der Waals surface area contributed by atoms with Gasteiger partial charge < -0.3 is 15.4 Å². The highest BCUT2D eigenvalue weighted by Crippen LogP contribution is 2.21. The highest BCUT2D eigenvalue weighted by atomic mass is 16.5. The van der Waals surface area contributed by atoms with Crippen LogP contribution in [0.25, 0.3) is 0 Å². The van der Waals surface area contributed by atoms with Crippen molar-refractivity contribution in [3.05, 3.63) is 24.3 Å². The van der Waals surface area contributed by atoms with E-state index in [9.17, 15) is 4.79 Å². The van der Waals surface area contributed by atoms with Gasteiger partial charge in [0.1, 0.15) is 11.4 Å². The number of hydrogen-bond acceptors (Lipinski definition) is 2. The first-order valence-electron chi connectivity index (χ1n) is 6.29. The van der Waals surface area contributed by atoms with E-state index in [0.29, 0.717) is 6.04 Å². The number of carbonyl (C=O) groups excluding carboxylic acids is 1. The number of benzene rings is 1. The molecule has 0 heterocycles. The zero-order chi connectivity index (χ0) is 13.2. The number of hydrogen-bond donors (Lipinski definition) is 2. The maximum atomic E-state index is 11.5. The van der Waals surface area contributed by atoms with E-state index in [-0.39, 0.29) is 11.6 Å². The molecule has 1 aliphatic carbocycles. The molecule has 2 rings (SSSR count). The van der Waals surface area contributed by atoms with E-state index >= 15 is 0 Å². The fourth-order valence-corrected chi connectivity index (χ4v) is 1.54. The Bertz CT molecular complexity index is 416. The van der Waals surface area contributed by atoms with Gasteiger partial charge in [-0.3, -0.25) is 0 Å². The second-order valence-corrected chi connectivity index (χ2v) is 5.61. The van der Waals surface area contributed by atoms with Gasteiger partial charge >= 0.3 is 6.03 Å². The molecule has 0 spiro atoms. The largest absolute Gasteiger partial charge is 0.488 e. The number of anilines is 1. The predicted molar refractivity (Wildman–Crippen MR) is 72.0 cm³/mol. The molecular formula is C14H20N2O2. The summed E-state index contributed by atoms with van der Waals surface area (Å²) in [6.45, 7) is 6.01. The molecule has 18 heavy (non-hydrogen) atoms. The second-order valence-electron chi connectivity index (χ2n) is 5.61. The van der Waals surface area contributed by atoms with Crippen molar-refractivity contribution in [2.75, 3.05) is 5.32 Å². The van der Waals surface area contributed by atoms with Crippen LogP contribution in [0.4, 0.5) is 10.5 Å². The molecule has 1 aromatic carbocycles. The Kier molecular flexibility index (Phi) is 3.45. The first-order valence-corrected chi connectivity index (χ1v) is 6.29. The van der Waals surface area contributed by atoms with Crippen LogP contribution < -0.4 is 15.4 Å². The van der Waals surface area contributed by atoms with Crippen molar-refractivity contribution < 1.29 is 9.53 Å². The van der Waals surface area contributed by atoms with Gasteiger partial charge in [0.2, 0.25) is 0 Å². The van der Waals surface area contributed by atoms with E-state index < -0.39 is 0 Å². The van der Waals surface area contributed by atoms with Gasteiger partial charge in [0.25, 0.3) is 0 Å². The minimum atomic E-state index is -0.210. The third-order valence-electron chi connectivity index (χ3n) is 2.45. The lowest BCUT2D eigenvalue weighted by molar-refractivity contribution is 0.131. The first-order chi connectivity index (χ1) is 8.42. The fraction of sp³-hybridized carbons (Fsp3) is 0.500. The van der Waals surface area contributed by atoms with Crippen molar-refractivity contribution in [2.24, 2.45) is 0 Å². The topological polar surface area (TPSA) is 50.4 Å². The highest BCUT2D eigenvalue weighted by Gasteiger charge is 2.23. The van der Waals surface area contributed by atoms with Crippen LogP contribution >= 0.6 is 0 Å². The van der Waals surface area contributed by atoms with Gasteiger partial charge in [-0.1, -0.05) is 0 Å². The molecule has 4 heteroatoms. The summed E-state index contributed by atoms with van der Waals surface area (Å²) in [5, 5.41) is 5.67. The lowest BCUT2D eigenvalue weighted by Crippen LogP contribution is -2.30. The summed E-state index contributed by atoms with van der Waals surface area (Å²) in [4.78, 5) is 11.5. The van der Waals surface area contributed by atoms with Crippen molar-refractivity contribution in [3.63, 3.8) is 0 Å². The van der Waals surface area contributed by atoms with Crippen molar-refractivity contribution in [1.82, 2.24) is 5.32 Å². The number of amides is 2. The predicted octanol–water partition coefficient (Wildman–Crippen LogP) is 3.15. The summed E-state index contributed by atoms with van der Waals surface area (Å²) >= 11 is 0. The molecule has 1 aliphatic rings. The van der Waals surface area contributed by atoms with Crippen molar-refractivity contribution in [3.8, 4) is 5.75 Å². The molecule has 0 unspecified atom stereocenters. The lowest BCUT2D eigenvalue weighted by atomic mass is 10.2. The Hall–Kier alpha value is -1.71. The van der Waals surface area contributed by atoms with Gasteiger partial charge in [-0.2, -0.15) is 0 Å².